The van der Waals surface area contributed by atoms with Crippen LogP contribution < -0.4 is 5.32 Å². The average Bonchev–Trinajstić information content (AvgIpc) is 2.36. The van der Waals surface area contributed by atoms with Crippen molar-refractivity contribution in [3.63, 3.8) is 0 Å². The zero-order chi connectivity index (χ0) is 14.5. The number of hydrogen-bond donors (Lipinski definition) is 1. The van der Waals surface area contributed by atoms with Crippen LogP contribution in [0, 0.1) is 22.7 Å². The fourth-order valence-corrected chi connectivity index (χ4v) is 1.98. The van der Waals surface area contributed by atoms with Gasteiger partial charge in [0.1, 0.15) is 0 Å². The van der Waals surface area contributed by atoms with Gasteiger partial charge in [-0.3, -0.25) is 0 Å². The maximum absolute atomic E-state index is 9.01. The second kappa shape index (κ2) is 6.73. The summed E-state index contributed by atoms with van der Waals surface area (Å²) in [6.45, 7) is 11.2. The van der Waals surface area contributed by atoms with Crippen LogP contribution in [0.3, 0.4) is 0 Å². The van der Waals surface area contributed by atoms with E-state index in [1.165, 1.54) is 11.1 Å². The van der Waals surface area contributed by atoms with Crippen LogP contribution in [0.15, 0.2) is 24.3 Å². The molecule has 0 aliphatic heterocycles. The van der Waals surface area contributed by atoms with Crippen LogP contribution in [-0.2, 0) is 6.42 Å². The molecule has 1 atom stereocenters. The maximum Gasteiger partial charge on any atom is 0.0697 e. The molecule has 0 aliphatic rings. The van der Waals surface area contributed by atoms with Crippen molar-refractivity contribution in [1.29, 1.82) is 5.26 Å². The molecule has 1 rings (SSSR count). The quantitative estimate of drug-likeness (QED) is 0.834. The highest BCUT2D eigenvalue weighted by atomic mass is 14.9. The van der Waals surface area contributed by atoms with Gasteiger partial charge in [-0.15, -0.1) is 0 Å². The largest absolute Gasteiger partial charge is 0.309 e. The lowest BCUT2D eigenvalue weighted by atomic mass is 9.95. The Hall–Kier alpha value is -1.33. The molecule has 0 spiro atoms. The molecule has 0 saturated carbocycles. The molecule has 2 heteroatoms. The van der Waals surface area contributed by atoms with E-state index in [1.54, 1.807) is 0 Å². The monoisotopic (exact) mass is 258 g/mol. The summed E-state index contributed by atoms with van der Waals surface area (Å²) in [6.07, 6.45) is 1.13. The van der Waals surface area contributed by atoms with Gasteiger partial charge in [-0.1, -0.05) is 38.1 Å². The van der Waals surface area contributed by atoms with E-state index >= 15 is 0 Å². The number of nitrogens with zero attached hydrogens (tertiary/aromatic N) is 1. The lowest BCUT2D eigenvalue weighted by Crippen LogP contribution is -2.30. The molecule has 1 aromatic rings. The smallest absolute Gasteiger partial charge is 0.0697 e. The van der Waals surface area contributed by atoms with Crippen molar-refractivity contribution in [3.05, 3.63) is 35.4 Å². The Kier molecular flexibility index (Phi) is 5.57. The van der Waals surface area contributed by atoms with Gasteiger partial charge in [-0.05, 0) is 44.2 Å². The zero-order valence-corrected chi connectivity index (χ0v) is 12.8. The van der Waals surface area contributed by atoms with E-state index < -0.39 is 0 Å². The lowest BCUT2D eigenvalue weighted by Gasteiger charge is -2.21. The summed E-state index contributed by atoms with van der Waals surface area (Å²) in [6, 6.07) is 11.4. The number of hydrogen-bond acceptors (Lipinski definition) is 2. The molecule has 1 unspecified atom stereocenters. The predicted octanol–water partition coefficient (Wildman–Crippen LogP) is 4.09. The first-order valence-corrected chi connectivity index (χ1v) is 7.07. The highest BCUT2D eigenvalue weighted by molar-refractivity contribution is 5.25. The second-order valence-corrected chi connectivity index (χ2v) is 6.44. The highest BCUT2D eigenvalue weighted by Crippen LogP contribution is 2.18. The molecular weight excluding hydrogens is 232 g/mol. The van der Waals surface area contributed by atoms with Gasteiger partial charge >= 0.3 is 0 Å². The van der Waals surface area contributed by atoms with Crippen LogP contribution in [-0.4, -0.2) is 6.54 Å². The zero-order valence-electron chi connectivity index (χ0n) is 12.8. The standard InChI is InChI=1S/C17H26N2/c1-13(2)10-15-6-8-16(9-7-15)14(3)19-12-17(4,5)11-18/h6-9,13-14,19H,10,12H2,1-5H3. The fraction of sp³-hybridized carbons (Fsp3) is 0.588. The van der Waals surface area contributed by atoms with Gasteiger partial charge in [0, 0.05) is 12.6 Å². The van der Waals surface area contributed by atoms with E-state index in [1.807, 2.05) is 13.8 Å². The molecule has 1 N–H and O–H groups in total. The Balaban J connectivity index is 2.58. The minimum atomic E-state index is -0.314. The third-order valence-corrected chi connectivity index (χ3v) is 3.28. The molecule has 0 heterocycles. The van der Waals surface area contributed by atoms with Gasteiger partial charge < -0.3 is 5.32 Å². The van der Waals surface area contributed by atoms with Crippen molar-refractivity contribution < 1.29 is 0 Å². The minimum absolute atomic E-state index is 0.278. The number of nitriles is 1. The molecule has 1 aromatic carbocycles. The van der Waals surface area contributed by atoms with E-state index in [0.717, 1.165) is 6.42 Å². The molecule has 0 aromatic heterocycles. The normalized spacial score (nSPS) is 13.3. The first-order valence-electron chi connectivity index (χ1n) is 7.07. The van der Waals surface area contributed by atoms with Crippen molar-refractivity contribution in [3.8, 4) is 6.07 Å². The number of nitrogens with one attached hydrogen (secondary N) is 1. The van der Waals surface area contributed by atoms with Crippen LogP contribution in [0.5, 0.6) is 0 Å². The lowest BCUT2D eigenvalue weighted by molar-refractivity contribution is 0.415. The Morgan fingerprint density at radius 1 is 1.16 bits per heavy atom. The summed E-state index contributed by atoms with van der Waals surface area (Å²) >= 11 is 0. The van der Waals surface area contributed by atoms with Crippen LogP contribution in [0.1, 0.15) is 51.8 Å². The van der Waals surface area contributed by atoms with Crippen molar-refractivity contribution in [2.45, 2.75) is 47.1 Å². The van der Waals surface area contributed by atoms with E-state index in [0.29, 0.717) is 12.5 Å². The molecule has 0 bridgehead atoms. The van der Waals surface area contributed by atoms with Crippen LogP contribution in [0.2, 0.25) is 0 Å². The van der Waals surface area contributed by atoms with E-state index in [2.05, 4.69) is 56.4 Å². The Labute approximate surface area is 117 Å². The van der Waals surface area contributed by atoms with Crippen molar-refractivity contribution in [2.75, 3.05) is 6.54 Å². The third kappa shape index (κ3) is 5.44. The third-order valence-electron chi connectivity index (χ3n) is 3.28. The average molecular weight is 258 g/mol. The van der Waals surface area contributed by atoms with Gasteiger partial charge in [0.05, 0.1) is 11.5 Å². The summed E-state index contributed by atoms with van der Waals surface area (Å²) in [4.78, 5) is 0. The summed E-state index contributed by atoms with van der Waals surface area (Å²) in [5, 5.41) is 12.4. The van der Waals surface area contributed by atoms with Gasteiger partial charge in [0.15, 0.2) is 0 Å². The molecule has 0 fully saturated rings. The molecule has 0 radical (unpaired) electrons. The summed E-state index contributed by atoms with van der Waals surface area (Å²) in [5.41, 5.74) is 2.36. The van der Waals surface area contributed by atoms with Gasteiger partial charge in [0.2, 0.25) is 0 Å². The highest BCUT2D eigenvalue weighted by Gasteiger charge is 2.17. The number of benzene rings is 1. The topological polar surface area (TPSA) is 35.8 Å². The van der Waals surface area contributed by atoms with E-state index in [-0.39, 0.29) is 11.5 Å². The number of rotatable bonds is 6. The fourth-order valence-electron chi connectivity index (χ4n) is 1.98. The van der Waals surface area contributed by atoms with Gasteiger partial charge in [-0.25, -0.2) is 0 Å². The summed E-state index contributed by atoms with van der Waals surface area (Å²) < 4.78 is 0. The Morgan fingerprint density at radius 3 is 2.21 bits per heavy atom. The van der Waals surface area contributed by atoms with Crippen LogP contribution in [0.4, 0.5) is 0 Å². The maximum atomic E-state index is 9.01. The molecule has 0 aliphatic carbocycles. The van der Waals surface area contributed by atoms with E-state index in [9.17, 15) is 0 Å². The first kappa shape index (κ1) is 15.7. The molecule has 104 valence electrons. The molecule has 19 heavy (non-hydrogen) atoms. The van der Waals surface area contributed by atoms with Crippen molar-refractivity contribution >= 4 is 0 Å². The summed E-state index contributed by atoms with van der Waals surface area (Å²) in [5.74, 6) is 0.692. The Bertz CT molecular complexity index is 424. The minimum Gasteiger partial charge on any atom is -0.309 e. The Morgan fingerprint density at radius 2 is 1.74 bits per heavy atom. The SMILES string of the molecule is CC(C)Cc1ccc(C(C)NCC(C)(C)C#N)cc1. The van der Waals surface area contributed by atoms with E-state index in [4.69, 9.17) is 5.26 Å². The van der Waals surface area contributed by atoms with Gasteiger partial charge in [-0.2, -0.15) is 5.26 Å². The van der Waals surface area contributed by atoms with Crippen LogP contribution >= 0.6 is 0 Å². The van der Waals surface area contributed by atoms with Crippen molar-refractivity contribution in [2.24, 2.45) is 11.3 Å². The van der Waals surface area contributed by atoms with Crippen LogP contribution in [0.25, 0.3) is 0 Å². The second-order valence-electron chi connectivity index (χ2n) is 6.44. The van der Waals surface area contributed by atoms with Crippen molar-refractivity contribution in [1.82, 2.24) is 5.32 Å². The first-order chi connectivity index (χ1) is 8.84. The molecule has 0 saturated heterocycles. The predicted molar refractivity (Wildman–Crippen MR) is 80.8 cm³/mol. The molecular formula is C17H26N2. The molecule has 2 nitrogen and oxygen atoms in total. The molecule has 0 amide bonds. The van der Waals surface area contributed by atoms with Gasteiger partial charge in [0.25, 0.3) is 0 Å². The summed E-state index contributed by atoms with van der Waals surface area (Å²) in [7, 11) is 0.